The smallest absolute Gasteiger partial charge is 0.338 e. The van der Waals surface area contributed by atoms with Crippen LogP contribution in [0.3, 0.4) is 0 Å². The number of aryl methyl sites for hydroxylation is 1. The van der Waals surface area contributed by atoms with Crippen molar-refractivity contribution in [2.24, 2.45) is 0 Å². The van der Waals surface area contributed by atoms with E-state index >= 15 is 0 Å². The van der Waals surface area contributed by atoms with Crippen LogP contribution in [0.1, 0.15) is 52.6 Å². The van der Waals surface area contributed by atoms with Crippen molar-refractivity contribution in [2.75, 3.05) is 11.9 Å². The van der Waals surface area contributed by atoms with Crippen molar-refractivity contribution in [3.63, 3.8) is 0 Å². The molecule has 0 radical (unpaired) electrons. The normalized spacial score (nSPS) is 17.5. The van der Waals surface area contributed by atoms with Gasteiger partial charge in [0, 0.05) is 17.8 Å². The van der Waals surface area contributed by atoms with E-state index in [0.29, 0.717) is 18.7 Å². The summed E-state index contributed by atoms with van der Waals surface area (Å²) in [4.78, 5) is 13.2. The van der Waals surface area contributed by atoms with Gasteiger partial charge >= 0.3 is 5.97 Å². The number of benzene rings is 4. The van der Waals surface area contributed by atoms with E-state index in [0.717, 1.165) is 29.0 Å². The molecule has 0 saturated carbocycles. The average Bonchev–Trinajstić information content (AvgIpc) is 2.95. The standard InChI is InChI=1S/C34H35NO4/c1-24-14-16-27(17-15-24)33(36)38-32-31(37-21-20-25-10-6-4-7-11-25)29-22-28(18-19-30(29)39-34(32,2)3)35-23-26-12-8-5-9-13-26/h4-19,22,31-32,35H,20-21,23H2,1-3H3. The van der Waals surface area contributed by atoms with Gasteiger partial charge in [0.1, 0.15) is 17.5 Å². The molecule has 0 aliphatic carbocycles. The molecule has 5 heteroatoms. The highest BCUT2D eigenvalue weighted by molar-refractivity contribution is 5.89. The molecule has 5 nitrogen and oxygen atoms in total. The summed E-state index contributed by atoms with van der Waals surface area (Å²) < 4.78 is 19.1. The van der Waals surface area contributed by atoms with Crippen LogP contribution >= 0.6 is 0 Å². The van der Waals surface area contributed by atoms with Crippen LogP contribution in [-0.2, 0) is 22.4 Å². The molecular weight excluding hydrogens is 486 g/mol. The summed E-state index contributed by atoms with van der Waals surface area (Å²) in [6.45, 7) is 7.04. The summed E-state index contributed by atoms with van der Waals surface area (Å²) >= 11 is 0. The molecule has 5 rings (SSSR count). The van der Waals surface area contributed by atoms with Crippen molar-refractivity contribution in [1.82, 2.24) is 0 Å². The monoisotopic (exact) mass is 521 g/mol. The van der Waals surface area contributed by atoms with E-state index in [-0.39, 0.29) is 0 Å². The van der Waals surface area contributed by atoms with E-state index in [1.54, 1.807) is 12.1 Å². The van der Waals surface area contributed by atoms with Crippen LogP contribution < -0.4 is 10.1 Å². The maximum atomic E-state index is 13.2. The summed E-state index contributed by atoms with van der Waals surface area (Å²) in [5, 5.41) is 3.50. The van der Waals surface area contributed by atoms with Gasteiger partial charge in [-0.15, -0.1) is 0 Å². The molecule has 1 aliphatic rings. The van der Waals surface area contributed by atoms with Gasteiger partial charge in [0.05, 0.1) is 12.2 Å². The van der Waals surface area contributed by atoms with Crippen LogP contribution in [0.4, 0.5) is 5.69 Å². The molecule has 0 amide bonds. The van der Waals surface area contributed by atoms with Crippen molar-refractivity contribution in [3.8, 4) is 5.75 Å². The summed E-state index contributed by atoms with van der Waals surface area (Å²) in [5.74, 6) is 0.341. The van der Waals surface area contributed by atoms with Gasteiger partial charge < -0.3 is 19.5 Å². The first-order chi connectivity index (χ1) is 18.9. The first kappa shape index (κ1) is 26.5. The summed E-state index contributed by atoms with van der Waals surface area (Å²) in [5.41, 5.74) is 4.97. The number of anilines is 1. The van der Waals surface area contributed by atoms with Gasteiger partial charge in [-0.1, -0.05) is 78.4 Å². The Bertz CT molecular complexity index is 1380. The lowest BCUT2D eigenvalue weighted by atomic mass is 9.87. The van der Waals surface area contributed by atoms with Crippen molar-refractivity contribution < 1.29 is 19.0 Å². The molecule has 2 unspecified atom stereocenters. The quantitative estimate of drug-likeness (QED) is 0.234. The Hall–Kier alpha value is -4.09. The zero-order valence-electron chi connectivity index (χ0n) is 22.7. The topological polar surface area (TPSA) is 56.8 Å². The molecule has 0 saturated heterocycles. The minimum atomic E-state index is -0.802. The number of carbonyl (C=O) groups is 1. The van der Waals surface area contributed by atoms with Crippen LogP contribution in [0.25, 0.3) is 0 Å². The number of fused-ring (bicyclic) bond motifs is 1. The second-order valence-electron chi connectivity index (χ2n) is 10.5. The molecule has 0 spiro atoms. The molecule has 4 aromatic carbocycles. The number of carbonyl (C=O) groups excluding carboxylic acids is 1. The summed E-state index contributed by atoms with van der Waals surface area (Å²) in [6.07, 6.45) is -0.405. The molecule has 0 bridgehead atoms. The minimum absolute atomic E-state index is 0.393. The molecule has 0 aromatic heterocycles. The predicted molar refractivity (Wildman–Crippen MR) is 154 cm³/mol. The lowest BCUT2D eigenvalue weighted by Crippen LogP contribution is -2.51. The summed E-state index contributed by atoms with van der Waals surface area (Å²) in [7, 11) is 0. The Balaban J connectivity index is 1.42. The van der Waals surface area contributed by atoms with Crippen LogP contribution in [0.5, 0.6) is 5.75 Å². The highest BCUT2D eigenvalue weighted by atomic mass is 16.6. The van der Waals surface area contributed by atoms with E-state index in [1.807, 2.05) is 87.5 Å². The Kier molecular flexibility index (Phi) is 7.99. The van der Waals surface area contributed by atoms with Gasteiger partial charge in [0.2, 0.25) is 0 Å². The molecule has 4 aromatic rings. The lowest BCUT2D eigenvalue weighted by Gasteiger charge is -2.43. The lowest BCUT2D eigenvalue weighted by molar-refractivity contribution is -0.139. The second-order valence-corrected chi connectivity index (χ2v) is 10.5. The molecule has 200 valence electrons. The van der Waals surface area contributed by atoms with E-state index in [9.17, 15) is 4.79 Å². The Labute approximate surface area is 230 Å². The number of esters is 1. The predicted octanol–water partition coefficient (Wildman–Crippen LogP) is 7.30. The SMILES string of the molecule is Cc1ccc(C(=O)OC2C(OCCc3ccccc3)c3cc(NCc4ccccc4)ccc3OC2(C)C)cc1. The average molecular weight is 522 g/mol. The van der Waals surface area contributed by atoms with E-state index in [2.05, 4.69) is 29.6 Å². The van der Waals surface area contributed by atoms with Crippen molar-refractivity contribution in [3.05, 3.63) is 131 Å². The van der Waals surface area contributed by atoms with Crippen molar-refractivity contribution in [1.29, 1.82) is 0 Å². The first-order valence-electron chi connectivity index (χ1n) is 13.4. The molecular formula is C34H35NO4. The van der Waals surface area contributed by atoms with Gasteiger partial charge in [-0.25, -0.2) is 4.79 Å². The zero-order valence-corrected chi connectivity index (χ0v) is 22.7. The third kappa shape index (κ3) is 6.50. The minimum Gasteiger partial charge on any atom is -0.483 e. The summed E-state index contributed by atoms with van der Waals surface area (Å²) in [6, 6.07) is 33.9. The Morgan fingerprint density at radius 2 is 1.54 bits per heavy atom. The number of hydrogen-bond acceptors (Lipinski definition) is 5. The van der Waals surface area contributed by atoms with E-state index in [4.69, 9.17) is 14.2 Å². The number of ether oxygens (including phenoxy) is 3. The molecule has 1 heterocycles. The zero-order chi connectivity index (χ0) is 27.2. The van der Waals surface area contributed by atoms with Crippen LogP contribution in [-0.4, -0.2) is 24.3 Å². The maximum Gasteiger partial charge on any atom is 0.338 e. The van der Waals surface area contributed by atoms with Gasteiger partial charge in [0.15, 0.2) is 6.10 Å². The second kappa shape index (κ2) is 11.7. The molecule has 39 heavy (non-hydrogen) atoms. The van der Waals surface area contributed by atoms with Crippen molar-refractivity contribution in [2.45, 2.75) is 51.5 Å². The maximum absolute atomic E-state index is 13.2. The van der Waals surface area contributed by atoms with E-state index in [1.165, 1.54) is 11.1 Å². The molecule has 1 N–H and O–H groups in total. The highest BCUT2D eigenvalue weighted by Gasteiger charge is 2.47. The van der Waals surface area contributed by atoms with E-state index < -0.39 is 23.8 Å². The van der Waals surface area contributed by atoms with Gasteiger partial charge in [0.25, 0.3) is 0 Å². The van der Waals surface area contributed by atoms with Gasteiger partial charge in [-0.3, -0.25) is 0 Å². The molecule has 2 atom stereocenters. The number of nitrogens with one attached hydrogen (secondary N) is 1. The largest absolute Gasteiger partial charge is 0.483 e. The fourth-order valence-electron chi connectivity index (χ4n) is 4.85. The number of hydrogen-bond donors (Lipinski definition) is 1. The van der Waals surface area contributed by atoms with Crippen LogP contribution in [0.15, 0.2) is 103 Å². The highest BCUT2D eigenvalue weighted by Crippen LogP contribution is 2.44. The molecule has 1 aliphatic heterocycles. The fraction of sp³-hybridized carbons (Fsp3) is 0.265. The van der Waals surface area contributed by atoms with Crippen LogP contribution in [0.2, 0.25) is 0 Å². The fourth-order valence-corrected chi connectivity index (χ4v) is 4.85. The number of rotatable bonds is 9. The Morgan fingerprint density at radius 3 is 2.23 bits per heavy atom. The Morgan fingerprint density at radius 1 is 0.872 bits per heavy atom. The third-order valence-electron chi connectivity index (χ3n) is 7.04. The molecule has 0 fully saturated rings. The third-order valence-corrected chi connectivity index (χ3v) is 7.04. The van der Waals surface area contributed by atoms with Gasteiger partial charge in [-0.2, -0.15) is 0 Å². The van der Waals surface area contributed by atoms with Crippen LogP contribution in [0, 0.1) is 6.92 Å². The van der Waals surface area contributed by atoms with Gasteiger partial charge in [-0.05, 0) is 68.7 Å². The van der Waals surface area contributed by atoms with Crippen molar-refractivity contribution >= 4 is 11.7 Å². The first-order valence-corrected chi connectivity index (χ1v) is 13.4.